The van der Waals surface area contributed by atoms with Gasteiger partial charge in [-0.3, -0.25) is 9.59 Å². The molecule has 1 aromatic heterocycles. The van der Waals surface area contributed by atoms with Crippen molar-refractivity contribution in [3.05, 3.63) is 23.0 Å². The minimum absolute atomic E-state index is 0.149. The fourth-order valence-electron chi connectivity index (χ4n) is 1.88. The van der Waals surface area contributed by atoms with Gasteiger partial charge in [0, 0.05) is 30.8 Å². The number of hydrazone groups is 1. The van der Waals surface area contributed by atoms with Crippen molar-refractivity contribution in [1.82, 2.24) is 15.7 Å². The minimum Gasteiger partial charge on any atom is -0.362 e. The van der Waals surface area contributed by atoms with E-state index in [2.05, 4.69) is 20.8 Å². The highest BCUT2D eigenvalue weighted by Gasteiger charge is 2.18. The van der Waals surface area contributed by atoms with Crippen LogP contribution in [-0.2, 0) is 16.1 Å². The van der Waals surface area contributed by atoms with Crippen molar-refractivity contribution >= 4 is 17.5 Å². The number of rotatable bonds is 3. The summed E-state index contributed by atoms with van der Waals surface area (Å²) in [5.41, 5.74) is 5.86. The predicted octanol–water partition coefficient (Wildman–Crippen LogP) is 0.514. The molecule has 0 unspecified atom stereocenters. The molecule has 0 saturated heterocycles. The number of aromatic amines is 1. The second-order valence-electron chi connectivity index (χ2n) is 4.38. The lowest BCUT2D eigenvalue weighted by molar-refractivity contribution is -0.121. The summed E-state index contributed by atoms with van der Waals surface area (Å²) in [6.07, 6.45) is 0.706. The first kappa shape index (κ1) is 12.3. The Hall–Kier alpha value is -2.11. The van der Waals surface area contributed by atoms with Crippen LogP contribution in [0.1, 0.15) is 29.8 Å². The standard InChI is InChI=1S/C12H16N4O2/c1-7-5-9(8(2)14-7)6-13-12(18)10-3-4-11(17)16-15-10/h5,14H,3-4,6H2,1-2H3,(H,13,18)(H,16,17). The maximum absolute atomic E-state index is 11.8. The van der Waals surface area contributed by atoms with Crippen LogP contribution in [0, 0.1) is 13.8 Å². The van der Waals surface area contributed by atoms with Gasteiger partial charge in [-0.1, -0.05) is 0 Å². The van der Waals surface area contributed by atoms with E-state index in [1.54, 1.807) is 0 Å². The van der Waals surface area contributed by atoms with Crippen LogP contribution in [-0.4, -0.2) is 22.5 Å². The molecular weight excluding hydrogens is 232 g/mol. The van der Waals surface area contributed by atoms with Crippen molar-refractivity contribution in [2.24, 2.45) is 5.10 Å². The number of amides is 2. The Morgan fingerprint density at radius 2 is 2.22 bits per heavy atom. The largest absolute Gasteiger partial charge is 0.362 e. The number of carbonyl (C=O) groups is 2. The molecule has 0 saturated carbocycles. The minimum atomic E-state index is -0.228. The van der Waals surface area contributed by atoms with Gasteiger partial charge in [-0.25, -0.2) is 5.43 Å². The lowest BCUT2D eigenvalue weighted by Crippen LogP contribution is -2.36. The number of hydrogen-bond donors (Lipinski definition) is 3. The van der Waals surface area contributed by atoms with Gasteiger partial charge in [0.25, 0.3) is 5.91 Å². The Morgan fingerprint density at radius 3 is 2.78 bits per heavy atom. The van der Waals surface area contributed by atoms with Crippen LogP contribution in [0.3, 0.4) is 0 Å². The maximum atomic E-state index is 11.8. The third-order valence-electron chi connectivity index (χ3n) is 2.86. The molecule has 1 aliphatic heterocycles. The van der Waals surface area contributed by atoms with Gasteiger partial charge < -0.3 is 10.3 Å². The van der Waals surface area contributed by atoms with Gasteiger partial charge in [-0.15, -0.1) is 0 Å². The molecule has 0 fully saturated rings. The predicted molar refractivity (Wildman–Crippen MR) is 66.9 cm³/mol. The van der Waals surface area contributed by atoms with Crippen molar-refractivity contribution < 1.29 is 9.59 Å². The van der Waals surface area contributed by atoms with Crippen LogP contribution in [0.4, 0.5) is 0 Å². The smallest absolute Gasteiger partial charge is 0.267 e. The normalized spacial score (nSPS) is 15.0. The van der Waals surface area contributed by atoms with Crippen molar-refractivity contribution in [3.8, 4) is 0 Å². The molecule has 0 atom stereocenters. The van der Waals surface area contributed by atoms with Crippen molar-refractivity contribution in [1.29, 1.82) is 0 Å². The number of nitrogens with one attached hydrogen (secondary N) is 3. The summed E-state index contributed by atoms with van der Waals surface area (Å²) < 4.78 is 0. The molecule has 0 spiro atoms. The number of aromatic nitrogens is 1. The molecule has 3 N–H and O–H groups in total. The van der Waals surface area contributed by atoms with E-state index in [0.717, 1.165) is 17.0 Å². The Labute approximate surface area is 105 Å². The molecule has 6 heteroatoms. The average Bonchev–Trinajstić information content (AvgIpc) is 2.66. The van der Waals surface area contributed by atoms with Gasteiger partial charge in [0.1, 0.15) is 5.71 Å². The Bertz CT molecular complexity index is 516. The molecule has 18 heavy (non-hydrogen) atoms. The molecule has 2 amide bonds. The molecule has 2 heterocycles. The lowest BCUT2D eigenvalue weighted by Gasteiger charge is -2.11. The van der Waals surface area contributed by atoms with Gasteiger partial charge in [-0.2, -0.15) is 5.10 Å². The summed E-state index contributed by atoms with van der Waals surface area (Å²) in [5, 5.41) is 6.54. The third kappa shape index (κ3) is 2.77. The summed E-state index contributed by atoms with van der Waals surface area (Å²) in [6.45, 7) is 4.40. The number of nitrogens with zero attached hydrogens (tertiary/aromatic N) is 1. The molecular formula is C12H16N4O2. The quantitative estimate of drug-likeness (QED) is 0.728. The van der Waals surface area contributed by atoms with Crippen LogP contribution in [0.5, 0.6) is 0 Å². The SMILES string of the molecule is Cc1cc(CNC(=O)C2=NNC(=O)CC2)c(C)[nH]1. The van der Waals surface area contributed by atoms with E-state index < -0.39 is 0 Å². The third-order valence-corrected chi connectivity index (χ3v) is 2.86. The monoisotopic (exact) mass is 248 g/mol. The van der Waals surface area contributed by atoms with E-state index in [-0.39, 0.29) is 11.8 Å². The number of carbonyl (C=O) groups excluding carboxylic acids is 2. The first-order chi connectivity index (χ1) is 8.56. The van der Waals surface area contributed by atoms with Gasteiger partial charge in [-0.05, 0) is 25.5 Å². The van der Waals surface area contributed by atoms with Gasteiger partial charge in [0.05, 0.1) is 0 Å². The zero-order valence-electron chi connectivity index (χ0n) is 10.5. The van der Waals surface area contributed by atoms with Crippen LogP contribution in [0.2, 0.25) is 0 Å². The van der Waals surface area contributed by atoms with Gasteiger partial charge in [0.2, 0.25) is 5.91 Å². The maximum Gasteiger partial charge on any atom is 0.267 e. The molecule has 6 nitrogen and oxygen atoms in total. The molecule has 0 aromatic carbocycles. The fourth-order valence-corrected chi connectivity index (χ4v) is 1.88. The van der Waals surface area contributed by atoms with Crippen molar-refractivity contribution in [2.75, 3.05) is 0 Å². The van der Waals surface area contributed by atoms with Crippen LogP contribution < -0.4 is 10.7 Å². The van der Waals surface area contributed by atoms with E-state index in [0.29, 0.717) is 25.1 Å². The number of aryl methyl sites for hydroxylation is 2. The highest BCUT2D eigenvalue weighted by molar-refractivity contribution is 6.39. The molecule has 0 bridgehead atoms. The Morgan fingerprint density at radius 1 is 1.44 bits per heavy atom. The first-order valence-corrected chi connectivity index (χ1v) is 5.85. The molecule has 96 valence electrons. The molecule has 1 aromatic rings. The lowest BCUT2D eigenvalue weighted by atomic mass is 10.1. The van der Waals surface area contributed by atoms with Crippen LogP contribution in [0.25, 0.3) is 0 Å². The van der Waals surface area contributed by atoms with E-state index in [1.165, 1.54) is 0 Å². The van der Waals surface area contributed by atoms with Crippen LogP contribution in [0.15, 0.2) is 11.2 Å². The summed E-state index contributed by atoms with van der Waals surface area (Å²) in [5.74, 6) is -0.378. The second-order valence-corrected chi connectivity index (χ2v) is 4.38. The van der Waals surface area contributed by atoms with E-state index in [1.807, 2.05) is 19.9 Å². The highest BCUT2D eigenvalue weighted by atomic mass is 16.2. The topological polar surface area (TPSA) is 86.3 Å². The van der Waals surface area contributed by atoms with Gasteiger partial charge in [0.15, 0.2) is 0 Å². The zero-order valence-corrected chi connectivity index (χ0v) is 10.5. The average molecular weight is 248 g/mol. The molecule has 0 radical (unpaired) electrons. The number of H-pyrrole nitrogens is 1. The molecule has 0 aliphatic carbocycles. The molecule has 1 aliphatic rings. The second kappa shape index (κ2) is 5.03. The molecule has 2 rings (SSSR count). The van der Waals surface area contributed by atoms with E-state index in [9.17, 15) is 9.59 Å². The van der Waals surface area contributed by atoms with E-state index >= 15 is 0 Å². The van der Waals surface area contributed by atoms with Crippen molar-refractivity contribution in [2.45, 2.75) is 33.2 Å². The summed E-state index contributed by atoms with van der Waals surface area (Å²) in [6, 6.07) is 2.00. The Balaban J connectivity index is 1.92. The van der Waals surface area contributed by atoms with Crippen molar-refractivity contribution in [3.63, 3.8) is 0 Å². The summed E-state index contributed by atoms with van der Waals surface area (Å²) in [4.78, 5) is 25.9. The van der Waals surface area contributed by atoms with E-state index in [4.69, 9.17) is 0 Å². The van der Waals surface area contributed by atoms with Gasteiger partial charge >= 0.3 is 0 Å². The Kier molecular flexibility index (Phi) is 3.45. The van der Waals surface area contributed by atoms with Crippen LogP contribution >= 0.6 is 0 Å². The number of hydrogen-bond acceptors (Lipinski definition) is 3. The highest BCUT2D eigenvalue weighted by Crippen LogP contribution is 2.09. The summed E-state index contributed by atoms with van der Waals surface area (Å²) in [7, 11) is 0. The first-order valence-electron chi connectivity index (χ1n) is 5.85. The zero-order chi connectivity index (χ0) is 13.1. The summed E-state index contributed by atoms with van der Waals surface area (Å²) >= 11 is 0. The fraction of sp³-hybridized carbons (Fsp3) is 0.417.